The van der Waals surface area contributed by atoms with E-state index in [1.807, 2.05) is 13.1 Å². The molecular formula is C11H16N4O2S2. The van der Waals surface area contributed by atoms with Crippen molar-refractivity contribution in [3.05, 3.63) is 35.0 Å². The van der Waals surface area contributed by atoms with Crippen molar-refractivity contribution in [1.82, 2.24) is 20.2 Å². The van der Waals surface area contributed by atoms with Gasteiger partial charge in [0.15, 0.2) is 0 Å². The number of hydrogen-bond acceptors (Lipinski definition) is 5. The minimum absolute atomic E-state index is 0.239. The molecule has 6 nitrogen and oxygen atoms in total. The summed E-state index contributed by atoms with van der Waals surface area (Å²) in [5.41, 5.74) is 0.801. The van der Waals surface area contributed by atoms with Gasteiger partial charge in [-0.2, -0.15) is 5.10 Å². The van der Waals surface area contributed by atoms with Crippen LogP contribution in [0.1, 0.15) is 10.4 Å². The van der Waals surface area contributed by atoms with Gasteiger partial charge < -0.3 is 5.32 Å². The van der Waals surface area contributed by atoms with E-state index in [-0.39, 0.29) is 6.54 Å². The molecule has 0 unspecified atom stereocenters. The first kappa shape index (κ1) is 14.2. The van der Waals surface area contributed by atoms with E-state index in [9.17, 15) is 8.42 Å². The topological polar surface area (TPSA) is 86.9 Å². The molecule has 0 radical (unpaired) electrons. The molecule has 0 aliphatic carbocycles. The molecule has 2 aromatic heterocycles. The number of nitrogens with zero attached hydrogens (tertiary/aromatic N) is 1. The van der Waals surface area contributed by atoms with Crippen LogP contribution in [0.15, 0.2) is 28.7 Å². The molecule has 19 heavy (non-hydrogen) atoms. The Morgan fingerprint density at radius 3 is 2.95 bits per heavy atom. The standard InChI is InChI=1S/C11H16N4O2S2/c1-12-5-4-10-2-3-11(18-10)19(16,17)15-8-9-6-13-14-7-9/h2-3,6-7,12,15H,4-5,8H2,1H3,(H,13,14). The van der Waals surface area contributed by atoms with Crippen molar-refractivity contribution in [2.45, 2.75) is 17.2 Å². The van der Waals surface area contributed by atoms with Crippen LogP contribution in [0.3, 0.4) is 0 Å². The Morgan fingerprint density at radius 1 is 1.42 bits per heavy atom. The predicted molar refractivity (Wildman–Crippen MR) is 74.6 cm³/mol. The van der Waals surface area contributed by atoms with Crippen LogP contribution < -0.4 is 10.0 Å². The zero-order valence-electron chi connectivity index (χ0n) is 10.5. The number of hydrogen-bond donors (Lipinski definition) is 3. The highest BCUT2D eigenvalue weighted by atomic mass is 32.2. The molecule has 8 heteroatoms. The van der Waals surface area contributed by atoms with Gasteiger partial charge in [0, 0.05) is 23.2 Å². The number of H-pyrrole nitrogens is 1. The summed E-state index contributed by atoms with van der Waals surface area (Å²) < 4.78 is 27.0. The van der Waals surface area contributed by atoms with E-state index in [1.165, 1.54) is 11.3 Å². The van der Waals surface area contributed by atoms with E-state index >= 15 is 0 Å². The Hall–Kier alpha value is -1.22. The number of aromatic nitrogens is 2. The summed E-state index contributed by atoms with van der Waals surface area (Å²) in [7, 11) is -1.56. The first-order valence-electron chi connectivity index (χ1n) is 5.82. The third-order valence-electron chi connectivity index (χ3n) is 2.54. The normalized spacial score (nSPS) is 11.8. The van der Waals surface area contributed by atoms with Gasteiger partial charge in [-0.15, -0.1) is 11.3 Å². The van der Waals surface area contributed by atoms with Gasteiger partial charge in [-0.1, -0.05) is 0 Å². The largest absolute Gasteiger partial charge is 0.319 e. The van der Waals surface area contributed by atoms with E-state index in [4.69, 9.17) is 0 Å². The molecule has 2 heterocycles. The molecule has 0 atom stereocenters. The summed E-state index contributed by atoms with van der Waals surface area (Å²) in [6, 6.07) is 3.50. The van der Waals surface area contributed by atoms with Crippen LogP contribution >= 0.6 is 11.3 Å². The van der Waals surface area contributed by atoms with Crippen molar-refractivity contribution in [2.24, 2.45) is 0 Å². The minimum Gasteiger partial charge on any atom is -0.319 e. The minimum atomic E-state index is -3.43. The molecule has 0 amide bonds. The van der Waals surface area contributed by atoms with Crippen LogP contribution in [-0.4, -0.2) is 32.2 Å². The third kappa shape index (κ3) is 3.87. The lowest BCUT2D eigenvalue weighted by Gasteiger charge is -2.02. The van der Waals surface area contributed by atoms with E-state index in [1.54, 1.807) is 18.5 Å². The zero-order valence-corrected chi connectivity index (χ0v) is 12.1. The van der Waals surface area contributed by atoms with Crippen molar-refractivity contribution in [3.63, 3.8) is 0 Å². The smallest absolute Gasteiger partial charge is 0.250 e. The van der Waals surface area contributed by atoms with Crippen molar-refractivity contribution in [3.8, 4) is 0 Å². The van der Waals surface area contributed by atoms with Gasteiger partial charge in [0.25, 0.3) is 0 Å². The number of nitrogens with one attached hydrogen (secondary N) is 3. The van der Waals surface area contributed by atoms with Gasteiger partial charge in [-0.25, -0.2) is 13.1 Å². The first-order chi connectivity index (χ1) is 9.12. The molecular weight excluding hydrogens is 284 g/mol. The number of likely N-dealkylation sites (N-methyl/N-ethyl adjacent to an activating group) is 1. The van der Waals surface area contributed by atoms with Gasteiger partial charge >= 0.3 is 0 Å². The van der Waals surface area contributed by atoms with Crippen LogP contribution in [0.4, 0.5) is 0 Å². The Kier molecular flexibility index (Phi) is 4.70. The lowest BCUT2D eigenvalue weighted by molar-refractivity contribution is 0.583. The van der Waals surface area contributed by atoms with Crippen LogP contribution in [0.25, 0.3) is 0 Å². The monoisotopic (exact) mass is 300 g/mol. The molecule has 104 valence electrons. The lowest BCUT2D eigenvalue weighted by atomic mass is 10.3. The quantitative estimate of drug-likeness (QED) is 0.703. The maximum absolute atomic E-state index is 12.1. The van der Waals surface area contributed by atoms with Crippen molar-refractivity contribution in [1.29, 1.82) is 0 Å². The average molecular weight is 300 g/mol. The molecule has 2 aromatic rings. The summed E-state index contributed by atoms with van der Waals surface area (Å²) in [5, 5.41) is 9.45. The second-order valence-electron chi connectivity index (χ2n) is 4.01. The fourth-order valence-corrected chi connectivity index (χ4v) is 3.93. The maximum atomic E-state index is 12.1. The Morgan fingerprint density at radius 2 is 2.26 bits per heavy atom. The van der Waals surface area contributed by atoms with E-state index in [0.29, 0.717) is 4.21 Å². The highest BCUT2D eigenvalue weighted by Crippen LogP contribution is 2.21. The van der Waals surface area contributed by atoms with E-state index in [2.05, 4.69) is 20.2 Å². The fourth-order valence-electron chi connectivity index (χ4n) is 1.51. The van der Waals surface area contributed by atoms with Gasteiger partial charge in [0.1, 0.15) is 4.21 Å². The molecule has 0 aliphatic heterocycles. The van der Waals surface area contributed by atoms with Gasteiger partial charge in [-0.05, 0) is 32.1 Å². The first-order valence-corrected chi connectivity index (χ1v) is 8.12. The van der Waals surface area contributed by atoms with Gasteiger partial charge in [-0.3, -0.25) is 5.10 Å². The van der Waals surface area contributed by atoms with Gasteiger partial charge in [0.2, 0.25) is 10.0 Å². The van der Waals surface area contributed by atoms with Crippen molar-refractivity contribution < 1.29 is 8.42 Å². The summed E-state index contributed by atoms with van der Waals surface area (Å²) >= 11 is 1.30. The molecule has 0 spiro atoms. The highest BCUT2D eigenvalue weighted by molar-refractivity contribution is 7.91. The van der Waals surface area contributed by atoms with Crippen LogP contribution in [-0.2, 0) is 23.0 Å². The molecule has 0 aliphatic rings. The van der Waals surface area contributed by atoms with E-state index < -0.39 is 10.0 Å². The van der Waals surface area contributed by atoms with Crippen molar-refractivity contribution in [2.75, 3.05) is 13.6 Å². The van der Waals surface area contributed by atoms with Crippen LogP contribution in [0.2, 0.25) is 0 Å². The number of thiophene rings is 1. The number of aromatic amines is 1. The lowest BCUT2D eigenvalue weighted by Crippen LogP contribution is -2.22. The zero-order chi connectivity index (χ0) is 13.7. The molecule has 2 rings (SSSR count). The molecule has 3 N–H and O–H groups in total. The third-order valence-corrected chi connectivity index (χ3v) is 5.58. The van der Waals surface area contributed by atoms with Crippen LogP contribution in [0.5, 0.6) is 0 Å². The predicted octanol–water partition coefficient (Wildman–Crippen LogP) is 0.712. The molecule has 0 fully saturated rings. The molecule has 0 bridgehead atoms. The van der Waals surface area contributed by atoms with Gasteiger partial charge in [0.05, 0.1) is 6.20 Å². The Bertz CT molecular complexity index is 604. The second kappa shape index (κ2) is 6.29. The molecule has 0 saturated heterocycles. The molecule has 0 saturated carbocycles. The molecule has 0 aromatic carbocycles. The fraction of sp³-hybridized carbons (Fsp3) is 0.364. The summed E-state index contributed by atoms with van der Waals surface area (Å²) in [6.45, 7) is 1.07. The Balaban J connectivity index is 2.00. The number of sulfonamides is 1. The number of rotatable bonds is 7. The Labute approximate surface area is 116 Å². The summed E-state index contributed by atoms with van der Waals surface area (Å²) in [6.07, 6.45) is 4.09. The summed E-state index contributed by atoms with van der Waals surface area (Å²) in [5.74, 6) is 0. The SMILES string of the molecule is CNCCc1ccc(S(=O)(=O)NCc2cn[nH]c2)s1. The van der Waals surface area contributed by atoms with Crippen LogP contribution in [0, 0.1) is 0 Å². The van der Waals surface area contributed by atoms with Crippen molar-refractivity contribution >= 4 is 21.4 Å². The van der Waals surface area contributed by atoms with E-state index in [0.717, 1.165) is 23.4 Å². The second-order valence-corrected chi connectivity index (χ2v) is 7.17. The maximum Gasteiger partial charge on any atom is 0.250 e. The average Bonchev–Trinajstić information content (AvgIpc) is 3.05. The summed E-state index contributed by atoms with van der Waals surface area (Å²) in [4.78, 5) is 1.05. The highest BCUT2D eigenvalue weighted by Gasteiger charge is 2.16.